The lowest BCUT2D eigenvalue weighted by atomic mass is 10.2. The number of ether oxygens (including phenoxy) is 2. The highest BCUT2D eigenvalue weighted by atomic mass is 19.1. The minimum atomic E-state index is -1.04. The van der Waals surface area contributed by atoms with E-state index in [1.54, 1.807) is 0 Å². The molecule has 0 aromatic heterocycles. The number of nitro groups is 1. The molecule has 2 rings (SSSR count). The van der Waals surface area contributed by atoms with Crippen molar-refractivity contribution in [3.05, 3.63) is 39.7 Å². The number of nitro benzene ring substituents is 1. The number of hydrogen-bond acceptors (Lipinski definition) is 5. The van der Waals surface area contributed by atoms with Crippen LogP contribution in [-0.4, -0.2) is 43.3 Å². The van der Waals surface area contributed by atoms with E-state index < -0.39 is 22.3 Å². The van der Waals surface area contributed by atoms with Crippen molar-refractivity contribution in [1.29, 1.82) is 0 Å². The molecule has 20 heavy (non-hydrogen) atoms. The van der Waals surface area contributed by atoms with Gasteiger partial charge in [-0.1, -0.05) is 0 Å². The van der Waals surface area contributed by atoms with Crippen LogP contribution in [-0.2, 0) is 9.47 Å². The van der Waals surface area contributed by atoms with Gasteiger partial charge in [0, 0.05) is 18.2 Å². The maximum Gasteiger partial charge on any atom is 0.304 e. The summed E-state index contributed by atoms with van der Waals surface area (Å²) in [6.45, 7) is 1.61. The molecular weight excluding hydrogens is 271 g/mol. The van der Waals surface area contributed by atoms with E-state index in [4.69, 9.17) is 9.47 Å². The van der Waals surface area contributed by atoms with Gasteiger partial charge in [0.15, 0.2) is 0 Å². The summed E-state index contributed by atoms with van der Waals surface area (Å²) in [6, 6.07) is 3.00. The molecule has 1 atom stereocenters. The zero-order chi connectivity index (χ0) is 14.5. The zero-order valence-electron chi connectivity index (χ0n) is 10.5. The Morgan fingerprint density at radius 1 is 1.50 bits per heavy atom. The van der Waals surface area contributed by atoms with E-state index in [1.807, 2.05) is 0 Å². The molecule has 8 heteroatoms. The first-order valence-electron chi connectivity index (χ1n) is 5.99. The molecular formula is C12H13FN2O5. The van der Waals surface area contributed by atoms with Crippen LogP contribution in [0.4, 0.5) is 10.1 Å². The quantitative estimate of drug-likeness (QED) is 0.654. The Labute approximate surface area is 113 Å². The average Bonchev–Trinajstić information content (AvgIpc) is 2.45. The number of halogens is 1. The van der Waals surface area contributed by atoms with Gasteiger partial charge in [-0.25, -0.2) is 0 Å². The monoisotopic (exact) mass is 284 g/mol. The molecule has 0 aliphatic carbocycles. The summed E-state index contributed by atoms with van der Waals surface area (Å²) < 4.78 is 23.9. The van der Waals surface area contributed by atoms with E-state index >= 15 is 0 Å². The molecule has 108 valence electrons. The Morgan fingerprint density at radius 2 is 2.30 bits per heavy atom. The van der Waals surface area contributed by atoms with E-state index in [0.717, 1.165) is 12.1 Å². The SMILES string of the molecule is O=C(NCC1COCCO1)c1ccc([N+](=O)[O-])c(F)c1. The smallest absolute Gasteiger partial charge is 0.304 e. The van der Waals surface area contributed by atoms with Crippen molar-refractivity contribution in [1.82, 2.24) is 5.32 Å². The first kappa shape index (κ1) is 14.4. The Balaban J connectivity index is 1.95. The fourth-order valence-corrected chi connectivity index (χ4v) is 1.76. The molecule has 1 N–H and O–H groups in total. The van der Waals surface area contributed by atoms with Crippen LogP contribution in [0, 0.1) is 15.9 Å². The molecule has 0 bridgehead atoms. The van der Waals surface area contributed by atoms with Crippen molar-refractivity contribution < 1.29 is 23.6 Å². The minimum Gasteiger partial charge on any atom is -0.376 e. The Kier molecular flexibility index (Phi) is 4.59. The maximum absolute atomic E-state index is 13.4. The average molecular weight is 284 g/mol. The Hall–Kier alpha value is -2.06. The van der Waals surface area contributed by atoms with E-state index in [1.165, 1.54) is 6.07 Å². The van der Waals surface area contributed by atoms with Crippen LogP contribution < -0.4 is 5.32 Å². The Bertz CT molecular complexity index is 517. The lowest BCUT2D eigenvalue weighted by Gasteiger charge is -2.23. The molecule has 1 unspecified atom stereocenters. The number of hydrogen-bond donors (Lipinski definition) is 1. The molecule has 0 spiro atoms. The molecule has 1 aliphatic heterocycles. The molecule has 0 saturated carbocycles. The topological polar surface area (TPSA) is 90.7 Å². The van der Waals surface area contributed by atoms with Gasteiger partial charge in [-0.3, -0.25) is 14.9 Å². The fraction of sp³-hybridized carbons (Fsp3) is 0.417. The van der Waals surface area contributed by atoms with Crippen LogP contribution in [0.2, 0.25) is 0 Å². The number of carbonyl (C=O) groups excluding carboxylic acids is 1. The third-order valence-corrected chi connectivity index (χ3v) is 2.78. The minimum absolute atomic E-state index is 0.0184. The fourth-order valence-electron chi connectivity index (χ4n) is 1.76. The number of nitrogens with zero attached hydrogens (tertiary/aromatic N) is 1. The van der Waals surface area contributed by atoms with Crippen molar-refractivity contribution in [2.75, 3.05) is 26.4 Å². The van der Waals surface area contributed by atoms with Crippen LogP contribution in [0.3, 0.4) is 0 Å². The number of amides is 1. The molecule has 1 aromatic carbocycles. The van der Waals surface area contributed by atoms with Gasteiger partial charge in [-0.2, -0.15) is 4.39 Å². The second-order valence-corrected chi connectivity index (χ2v) is 4.20. The zero-order valence-corrected chi connectivity index (χ0v) is 10.5. The van der Waals surface area contributed by atoms with Gasteiger partial charge in [-0.15, -0.1) is 0 Å². The number of carbonyl (C=O) groups is 1. The predicted molar refractivity (Wildman–Crippen MR) is 65.9 cm³/mol. The summed E-state index contributed by atoms with van der Waals surface area (Å²) in [5.41, 5.74) is -0.643. The highest BCUT2D eigenvalue weighted by molar-refractivity contribution is 5.94. The lowest BCUT2D eigenvalue weighted by molar-refractivity contribution is -0.387. The van der Waals surface area contributed by atoms with Crippen molar-refractivity contribution >= 4 is 11.6 Å². The maximum atomic E-state index is 13.4. The van der Waals surface area contributed by atoms with Crippen LogP contribution in [0.1, 0.15) is 10.4 Å². The van der Waals surface area contributed by atoms with E-state index in [9.17, 15) is 19.3 Å². The molecule has 7 nitrogen and oxygen atoms in total. The molecule has 1 aliphatic rings. The van der Waals surface area contributed by atoms with Gasteiger partial charge in [0.05, 0.1) is 30.8 Å². The molecule has 1 saturated heterocycles. The predicted octanol–water partition coefficient (Wildman–Crippen LogP) is 0.879. The second-order valence-electron chi connectivity index (χ2n) is 4.20. The molecule has 0 radical (unpaired) electrons. The van der Waals surface area contributed by atoms with Crippen LogP contribution in [0.15, 0.2) is 18.2 Å². The van der Waals surface area contributed by atoms with E-state index in [-0.39, 0.29) is 18.2 Å². The van der Waals surface area contributed by atoms with Gasteiger partial charge >= 0.3 is 5.69 Å². The van der Waals surface area contributed by atoms with Crippen molar-refractivity contribution in [3.8, 4) is 0 Å². The molecule has 1 fully saturated rings. The number of rotatable bonds is 4. The van der Waals surface area contributed by atoms with Crippen molar-refractivity contribution in [2.45, 2.75) is 6.10 Å². The summed E-state index contributed by atoms with van der Waals surface area (Å²) in [5.74, 6) is -1.56. The molecule has 1 amide bonds. The van der Waals surface area contributed by atoms with Crippen molar-refractivity contribution in [2.24, 2.45) is 0 Å². The van der Waals surface area contributed by atoms with E-state index in [2.05, 4.69) is 5.32 Å². The first-order chi connectivity index (χ1) is 9.58. The van der Waals surface area contributed by atoms with Crippen LogP contribution in [0.5, 0.6) is 0 Å². The van der Waals surface area contributed by atoms with Gasteiger partial charge in [-0.05, 0) is 12.1 Å². The standard InChI is InChI=1S/C12H13FN2O5/c13-10-5-8(1-2-11(10)15(17)18)12(16)14-6-9-7-19-3-4-20-9/h1-2,5,9H,3-4,6-7H2,(H,14,16). The third-order valence-electron chi connectivity index (χ3n) is 2.78. The Morgan fingerprint density at radius 3 is 2.90 bits per heavy atom. The summed E-state index contributed by atoms with van der Waals surface area (Å²) in [4.78, 5) is 21.4. The second kappa shape index (κ2) is 6.40. The molecule has 1 aromatic rings. The summed E-state index contributed by atoms with van der Waals surface area (Å²) in [7, 11) is 0. The third kappa shape index (κ3) is 3.49. The van der Waals surface area contributed by atoms with Crippen LogP contribution in [0.25, 0.3) is 0 Å². The number of benzene rings is 1. The normalized spacial score (nSPS) is 18.6. The summed E-state index contributed by atoms with van der Waals surface area (Å²) >= 11 is 0. The number of nitrogens with one attached hydrogen (secondary N) is 1. The molecule has 1 heterocycles. The summed E-state index contributed by atoms with van der Waals surface area (Å²) in [5, 5.41) is 13.0. The van der Waals surface area contributed by atoms with Crippen LogP contribution >= 0.6 is 0 Å². The van der Waals surface area contributed by atoms with Crippen molar-refractivity contribution in [3.63, 3.8) is 0 Å². The van der Waals surface area contributed by atoms with Gasteiger partial charge in [0.2, 0.25) is 5.82 Å². The largest absolute Gasteiger partial charge is 0.376 e. The highest BCUT2D eigenvalue weighted by Gasteiger charge is 2.18. The van der Waals surface area contributed by atoms with E-state index in [0.29, 0.717) is 19.8 Å². The highest BCUT2D eigenvalue weighted by Crippen LogP contribution is 2.17. The van der Waals surface area contributed by atoms with Gasteiger partial charge in [0.25, 0.3) is 5.91 Å². The first-order valence-corrected chi connectivity index (χ1v) is 5.99. The van der Waals surface area contributed by atoms with Gasteiger partial charge in [0.1, 0.15) is 0 Å². The van der Waals surface area contributed by atoms with Gasteiger partial charge < -0.3 is 14.8 Å². The lowest BCUT2D eigenvalue weighted by Crippen LogP contribution is -2.39. The summed E-state index contributed by atoms with van der Waals surface area (Å²) in [6.07, 6.45) is -0.240.